The molecule has 0 saturated heterocycles. The van der Waals surface area contributed by atoms with Crippen LogP contribution in [0.2, 0.25) is 0 Å². The molecule has 0 radical (unpaired) electrons. The van der Waals surface area contributed by atoms with E-state index < -0.39 is 17.8 Å². The van der Waals surface area contributed by atoms with Crippen LogP contribution < -0.4 is 10.1 Å². The van der Waals surface area contributed by atoms with E-state index in [2.05, 4.69) is 5.32 Å². The van der Waals surface area contributed by atoms with E-state index in [4.69, 9.17) is 4.74 Å². The molecule has 15 heavy (non-hydrogen) atoms. The predicted molar refractivity (Wildman–Crippen MR) is 49.5 cm³/mol. The zero-order valence-corrected chi connectivity index (χ0v) is 7.87. The number of amides is 2. The van der Waals surface area contributed by atoms with Crippen molar-refractivity contribution < 1.29 is 19.1 Å². The summed E-state index contributed by atoms with van der Waals surface area (Å²) in [7, 11) is 0. The van der Waals surface area contributed by atoms with Crippen LogP contribution in [-0.4, -0.2) is 17.8 Å². The first-order valence-corrected chi connectivity index (χ1v) is 4.26. The number of esters is 1. The van der Waals surface area contributed by atoms with Gasteiger partial charge in [0.1, 0.15) is 5.75 Å². The predicted octanol–water partition coefficient (Wildman–Crippen LogP) is 0.495. The molecule has 0 fully saturated rings. The first kappa shape index (κ1) is 9.39. The van der Waals surface area contributed by atoms with Crippen molar-refractivity contribution in [2.75, 3.05) is 0 Å². The first-order chi connectivity index (χ1) is 7.08. The minimum Gasteiger partial charge on any atom is -0.427 e. The second kappa shape index (κ2) is 3.20. The lowest BCUT2D eigenvalue weighted by Crippen LogP contribution is -2.19. The third-order valence-electron chi connectivity index (χ3n) is 1.97. The van der Waals surface area contributed by atoms with Gasteiger partial charge in [-0.3, -0.25) is 19.7 Å². The molecule has 1 aromatic carbocycles. The third-order valence-corrected chi connectivity index (χ3v) is 1.97. The molecule has 0 spiro atoms. The minimum atomic E-state index is -0.473. The normalized spacial score (nSPS) is 13.4. The highest BCUT2D eigenvalue weighted by molar-refractivity contribution is 6.21. The van der Waals surface area contributed by atoms with Crippen LogP contribution in [0.25, 0.3) is 0 Å². The highest BCUT2D eigenvalue weighted by Crippen LogP contribution is 2.21. The highest BCUT2D eigenvalue weighted by Gasteiger charge is 2.26. The zero-order valence-electron chi connectivity index (χ0n) is 7.87. The Morgan fingerprint density at radius 2 is 1.87 bits per heavy atom. The van der Waals surface area contributed by atoms with Crippen LogP contribution in [0, 0.1) is 0 Å². The van der Waals surface area contributed by atoms with E-state index in [1.807, 2.05) is 0 Å². The van der Waals surface area contributed by atoms with E-state index in [9.17, 15) is 14.4 Å². The molecular formula is C10H7NO4. The van der Waals surface area contributed by atoms with Crippen LogP contribution in [0.3, 0.4) is 0 Å². The Kier molecular flexibility index (Phi) is 2.00. The molecule has 5 heteroatoms. The molecule has 76 valence electrons. The molecule has 1 N–H and O–H groups in total. The minimum absolute atomic E-state index is 0.235. The number of ether oxygens (including phenoxy) is 1. The fraction of sp³-hybridized carbons (Fsp3) is 0.100. The molecule has 1 aliphatic heterocycles. The zero-order chi connectivity index (χ0) is 11.0. The fourth-order valence-electron chi connectivity index (χ4n) is 1.38. The molecule has 0 unspecified atom stereocenters. The van der Waals surface area contributed by atoms with Crippen molar-refractivity contribution in [3.05, 3.63) is 29.3 Å². The standard InChI is InChI=1S/C10H7NO4/c1-5(12)15-6-2-3-7-8(4-6)10(14)11-9(7)13/h2-4H,1H3,(H,11,13,14). The summed E-state index contributed by atoms with van der Waals surface area (Å²) in [4.78, 5) is 33.1. The number of fused-ring (bicyclic) bond motifs is 1. The number of nitrogens with one attached hydrogen (secondary N) is 1. The highest BCUT2D eigenvalue weighted by atomic mass is 16.5. The van der Waals surface area contributed by atoms with Crippen molar-refractivity contribution in [3.8, 4) is 5.75 Å². The summed E-state index contributed by atoms with van der Waals surface area (Å²) in [6, 6.07) is 4.29. The topological polar surface area (TPSA) is 72.5 Å². The van der Waals surface area contributed by atoms with Crippen molar-refractivity contribution in [1.82, 2.24) is 5.32 Å². The maximum absolute atomic E-state index is 11.2. The van der Waals surface area contributed by atoms with Crippen molar-refractivity contribution in [2.45, 2.75) is 6.92 Å². The molecule has 1 aliphatic rings. The lowest BCUT2D eigenvalue weighted by molar-refractivity contribution is -0.131. The van der Waals surface area contributed by atoms with Gasteiger partial charge in [0, 0.05) is 6.92 Å². The number of rotatable bonds is 1. The van der Waals surface area contributed by atoms with Gasteiger partial charge in [-0.1, -0.05) is 0 Å². The molecule has 5 nitrogen and oxygen atoms in total. The molecule has 0 saturated carbocycles. The second-order valence-corrected chi connectivity index (χ2v) is 3.08. The van der Waals surface area contributed by atoms with E-state index >= 15 is 0 Å². The molecule has 0 atom stereocenters. The summed E-state index contributed by atoms with van der Waals surface area (Å²) in [6.07, 6.45) is 0. The lowest BCUT2D eigenvalue weighted by atomic mass is 10.1. The van der Waals surface area contributed by atoms with Crippen LogP contribution >= 0.6 is 0 Å². The maximum atomic E-state index is 11.2. The molecule has 0 aliphatic carbocycles. The Morgan fingerprint density at radius 3 is 2.53 bits per heavy atom. The van der Waals surface area contributed by atoms with E-state index in [1.165, 1.54) is 25.1 Å². The van der Waals surface area contributed by atoms with Crippen LogP contribution in [0.5, 0.6) is 5.75 Å². The summed E-state index contributed by atoms with van der Waals surface area (Å²) in [6.45, 7) is 1.26. The number of hydrogen-bond donors (Lipinski definition) is 1. The molecule has 0 bridgehead atoms. The smallest absolute Gasteiger partial charge is 0.308 e. The van der Waals surface area contributed by atoms with Gasteiger partial charge >= 0.3 is 5.97 Å². The van der Waals surface area contributed by atoms with Crippen LogP contribution in [0.1, 0.15) is 27.6 Å². The summed E-state index contributed by atoms with van der Waals surface area (Å²) >= 11 is 0. The Morgan fingerprint density at radius 1 is 1.20 bits per heavy atom. The quantitative estimate of drug-likeness (QED) is 0.411. The van der Waals surface area contributed by atoms with Crippen molar-refractivity contribution in [1.29, 1.82) is 0 Å². The van der Waals surface area contributed by atoms with Gasteiger partial charge in [-0.25, -0.2) is 0 Å². The monoisotopic (exact) mass is 205 g/mol. The van der Waals surface area contributed by atoms with Crippen LogP contribution in [0.15, 0.2) is 18.2 Å². The van der Waals surface area contributed by atoms with Crippen molar-refractivity contribution in [3.63, 3.8) is 0 Å². The van der Waals surface area contributed by atoms with Gasteiger partial charge in [0.25, 0.3) is 11.8 Å². The van der Waals surface area contributed by atoms with Crippen molar-refractivity contribution >= 4 is 17.8 Å². The van der Waals surface area contributed by atoms with Gasteiger partial charge in [-0.2, -0.15) is 0 Å². The molecule has 1 aromatic rings. The van der Waals surface area contributed by atoms with Gasteiger partial charge in [-0.05, 0) is 18.2 Å². The van der Waals surface area contributed by atoms with Gasteiger partial charge < -0.3 is 4.74 Å². The van der Waals surface area contributed by atoms with Gasteiger partial charge in [0.05, 0.1) is 11.1 Å². The number of benzene rings is 1. The SMILES string of the molecule is CC(=O)Oc1ccc2c(c1)C(=O)NC2=O. The lowest BCUT2D eigenvalue weighted by Gasteiger charge is -2.01. The molecular weight excluding hydrogens is 198 g/mol. The first-order valence-electron chi connectivity index (χ1n) is 4.26. The van der Waals surface area contributed by atoms with E-state index in [-0.39, 0.29) is 11.3 Å². The van der Waals surface area contributed by atoms with E-state index in [0.717, 1.165) is 0 Å². The third kappa shape index (κ3) is 1.59. The maximum Gasteiger partial charge on any atom is 0.308 e. The Bertz CT molecular complexity index is 478. The van der Waals surface area contributed by atoms with Gasteiger partial charge in [0.2, 0.25) is 0 Å². The average Bonchev–Trinajstić information content (AvgIpc) is 2.41. The number of carbonyl (C=O) groups excluding carboxylic acids is 3. The van der Waals surface area contributed by atoms with Gasteiger partial charge in [-0.15, -0.1) is 0 Å². The summed E-state index contributed by atoms with van der Waals surface area (Å²) in [5, 5.41) is 2.14. The van der Waals surface area contributed by atoms with E-state index in [0.29, 0.717) is 5.56 Å². The second-order valence-electron chi connectivity index (χ2n) is 3.08. The fourth-order valence-corrected chi connectivity index (χ4v) is 1.38. The number of hydrogen-bond acceptors (Lipinski definition) is 4. The molecule has 2 amide bonds. The largest absolute Gasteiger partial charge is 0.427 e. The summed E-state index contributed by atoms with van der Waals surface area (Å²) in [5.74, 6) is -1.11. The van der Waals surface area contributed by atoms with Crippen molar-refractivity contribution in [2.24, 2.45) is 0 Å². The molecule has 1 heterocycles. The van der Waals surface area contributed by atoms with E-state index in [1.54, 1.807) is 0 Å². The summed E-state index contributed by atoms with van der Waals surface area (Å²) in [5.41, 5.74) is 0.537. The van der Waals surface area contributed by atoms with Crippen LogP contribution in [0.4, 0.5) is 0 Å². The number of carbonyl (C=O) groups is 3. The molecule has 2 rings (SSSR count). The Balaban J connectivity index is 2.42. The average molecular weight is 205 g/mol. The van der Waals surface area contributed by atoms with Gasteiger partial charge in [0.15, 0.2) is 0 Å². The molecule has 0 aromatic heterocycles. The Hall–Kier alpha value is -2.17. The summed E-state index contributed by atoms with van der Waals surface area (Å²) < 4.78 is 4.79. The number of imide groups is 1. The van der Waals surface area contributed by atoms with Crippen LogP contribution in [-0.2, 0) is 4.79 Å². The Labute approximate surface area is 85.0 Å².